The number of hydrogen-bond acceptors (Lipinski definition) is 1. The number of fused-ring (bicyclic) bond motifs is 3. The highest BCUT2D eigenvalue weighted by Crippen LogP contribution is 2.46. The van der Waals surface area contributed by atoms with Gasteiger partial charge in [-0.2, -0.15) is 0 Å². The van der Waals surface area contributed by atoms with E-state index in [1.54, 1.807) is 0 Å². The van der Waals surface area contributed by atoms with Gasteiger partial charge >= 0.3 is 0 Å². The molecular formula is C11H20O. The van der Waals surface area contributed by atoms with Crippen LogP contribution in [0.4, 0.5) is 0 Å². The lowest BCUT2D eigenvalue weighted by molar-refractivity contribution is -0.198. The van der Waals surface area contributed by atoms with Crippen LogP contribution in [0.5, 0.6) is 0 Å². The van der Waals surface area contributed by atoms with E-state index in [-0.39, 0.29) is 5.60 Å². The molecule has 12 heavy (non-hydrogen) atoms. The molecule has 0 spiro atoms. The summed E-state index contributed by atoms with van der Waals surface area (Å²) in [6.45, 7) is 6.86. The van der Waals surface area contributed by atoms with E-state index in [9.17, 15) is 0 Å². The molecule has 2 saturated heterocycles. The first-order valence-electron chi connectivity index (χ1n) is 5.28. The van der Waals surface area contributed by atoms with Crippen LogP contribution in [0.15, 0.2) is 0 Å². The van der Waals surface area contributed by atoms with Crippen LogP contribution in [0.2, 0.25) is 0 Å². The monoisotopic (exact) mass is 168 g/mol. The first-order valence-corrected chi connectivity index (χ1v) is 5.28. The number of hydrogen-bond donors (Lipinski definition) is 0. The third-order valence-electron chi connectivity index (χ3n) is 3.63. The zero-order chi connectivity index (χ0) is 8.77. The minimum absolute atomic E-state index is 0.240. The first kappa shape index (κ1) is 8.55. The standard InChI is InChI=1S/C11H20O/c1-8(2)10-9-4-6-11(3,12-10)7-5-9/h8-10H,4-7H2,1-3H3. The maximum Gasteiger partial charge on any atom is 0.0658 e. The van der Waals surface area contributed by atoms with Crippen molar-refractivity contribution in [1.82, 2.24) is 0 Å². The fraction of sp³-hybridized carbons (Fsp3) is 1.00. The normalized spacial score (nSPS) is 47.0. The second-order valence-corrected chi connectivity index (χ2v) is 5.11. The average molecular weight is 168 g/mol. The first-order chi connectivity index (χ1) is 5.61. The molecule has 3 aliphatic rings. The van der Waals surface area contributed by atoms with Crippen molar-refractivity contribution in [3.63, 3.8) is 0 Å². The van der Waals surface area contributed by atoms with Gasteiger partial charge in [0.15, 0.2) is 0 Å². The Bertz CT molecular complexity index is 166. The second-order valence-electron chi connectivity index (χ2n) is 5.11. The number of rotatable bonds is 1. The molecule has 1 atom stereocenters. The summed E-state index contributed by atoms with van der Waals surface area (Å²) < 4.78 is 6.13. The van der Waals surface area contributed by atoms with Gasteiger partial charge in [-0.1, -0.05) is 13.8 Å². The molecule has 1 nitrogen and oxygen atoms in total. The highest BCUT2D eigenvalue weighted by molar-refractivity contribution is 4.94. The van der Waals surface area contributed by atoms with Crippen molar-refractivity contribution < 1.29 is 4.74 Å². The Balaban J connectivity index is 2.11. The Hall–Kier alpha value is -0.0400. The number of ether oxygens (including phenoxy) is 1. The maximum atomic E-state index is 6.13. The minimum Gasteiger partial charge on any atom is -0.372 e. The van der Waals surface area contributed by atoms with Crippen LogP contribution in [-0.2, 0) is 4.74 Å². The fourth-order valence-corrected chi connectivity index (χ4v) is 2.80. The van der Waals surface area contributed by atoms with E-state index < -0.39 is 0 Å². The quantitative estimate of drug-likeness (QED) is 0.585. The molecule has 2 bridgehead atoms. The van der Waals surface area contributed by atoms with Gasteiger partial charge in [0.25, 0.3) is 0 Å². The van der Waals surface area contributed by atoms with Crippen molar-refractivity contribution in [2.24, 2.45) is 11.8 Å². The van der Waals surface area contributed by atoms with Gasteiger partial charge in [0.2, 0.25) is 0 Å². The molecule has 0 N–H and O–H groups in total. The SMILES string of the molecule is CC(C)C1OC2(C)CCC1CC2. The van der Waals surface area contributed by atoms with Crippen LogP contribution in [0.1, 0.15) is 46.5 Å². The summed E-state index contributed by atoms with van der Waals surface area (Å²) in [4.78, 5) is 0. The topological polar surface area (TPSA) is 9.23 Å². The molecule has 70 valence electrons. The van der Waals surface area contributed by atoms with E-state index >= 15 is 0 Å². The molecule has 0 aromatic heterocycles. The summed E-state index contributed by atoms with van der Waals surface area (Å²) in [6.07, 6.45) is 5.94. The highest BCUT2D eigenvalue weighted by atomic mass is 16.5. The molecule has 2 aliphatic heterocycles. The molecule has 1 unspecified atom stereocenters. The fourth-order valence-electron chi connectivity index (χ4n) is 2.80. The van der Waals surface area contributed by atoms with Gasteiger partial charge in [0, 0.05) is 0 Å². The Labute approximate surface area is 75.5 Å². The van der Waals surface area contributed by atoms with Crippen LogP contribution >= 0.6 is 0 Å². The zero-order valence-electron chi connectivity index (χ0n) is 8.47. The molecule has 0 aromatic rings. The summed E-state index contributed by atoms with van der Waals surface area (Å²) in [5, 5.41) is 0. The van der Waals surface area contributed by atoms with Gasteiger partial charge < -0.3 is 4.74 Å². The molecule has 0 amide bonds. The van der Waals surface area contributed by atoms with E-state index in [0.717, 1.165) is 5.92 Å². The van der Waals surface area contributed by atoms with E-state index in [4.69, 9.17) is 4.74 Å². The highest BCUT2D eigenvalue weighted by Gasteiger charge is 2.44. The van der Waals surface area contributed by atoms with Crippen LogP contribution in [-0.4, -0.2) is 11.7 Å². The zero-order valence-corrected chi connectivity index (χ0v) is 8.47. The second kappa shape index (κ2) is 2.73. The molecule has 3 rings (SSSR count). The lowest BCUT2D eigenvalue weighted by Gasteiger charge is -2.50. The van der Waals surface area contributed by atoms with Crippen molar-refractivity contribution in [1.29, 1.82) is 0 Å². The largest absolute Gasteiger partial charge is 0.372 e. The lowest BCUT2D eigenvalue weighted by Crippen LogP contribution is -2.50. The van der Waals surface area contributed by atoms with Gasteiger partial charge in [-0.3, -0.25) is 0 Å². The summed E-state index contributed by atoms with van der Waals surface area (Å²) in [7, 11) is 0. The third-order valence-corrected chi connectivity index (χ3v) is 3.63. The van der Waals surface area contributed by atoms with Gasteiger partial charge in [-0.05, 0) is 44.4 Å². The van der Waals surface area contributed by atoms with Gasteiger partial charge in [-0.15, -0.1) is 0 Å². The Morgan fingerprint density at radius 3 is 2.17 bits per heavy atom. The molecule has 0 aromatic carbocycles. The van der Waals surface area contributed by atoms with Crippen molar-refractivity contribution in [3.05, 3.63) is 0 Å². The molecule has 1 saturated carbocycles. The third kappa shape index (κ3) is 1.28. The van der Waals surface area contributed by atoms with E-state index in [1.165, 1.54) is 25.7 Å². The molecule has 3 fully saturated rings. The Morgan fingerprint density at radius 2 is 1.83 bits per heavy atom. The van der Waals surface area contributed by atoms with Gasteiger partial charge in [0.05, 0.1) is 11.7 Å². The Kier molecular flexibility index (Phi) is 1.95. The van der Waals surface area contributed by atoms with Crippen molar-refractivity contribution in [3.8, 4) is 0 Å². The molecule has 1 heteroatoms. The average Bonchev–Trinajstić information content (AvgIpc) is 2.04. The molecule has 0 radical (unpaired) electrons. The van der Waals surface area contributed by atoms with Gasteiger partial charge in [-0.25, -0.2) is 0 Å². The van der Waals surface area contributed by atoms with Crippen LogP contribution in [0.3, 0.4) is 0 Å². The lowest BCUT2D eigenvalue weighted by atomic mass is 9.71. The van der Waals surface area contributed by atoms with E-state index in [0.29, 0.717) is 12.0 Å². The van der Waals surface area contributed by atoms with Crippen LogP contribution in [0, 0.1) is 11.8 Å². The predicted molar refractivity (Wildman–Crippen MR) is 50.1 cm³/mol. The van der Waals surface area contributed by atoms with Crippen molar-refractivity contribution >= 4 is 0 Å². The minimum atomic E-state index is 0.240. The predicted octanol–water partition coefficient (Wildman–Crippen LogP) is 2.99. The maximum absolute atomic E-state index is 6.13. The molecule has 2 heterocycles. The van der Waals surface area contributed by atoms with E-state index in [2.05, 4.69) is 20.8 Å². The van der Waals surface area contributed by atoms with Crippen LogP contribution < -0.4 is 0 Å². The summed E-state index contributed by atoms with van der Waals surface area (Å²) in [5.41, 5.74) is 0.240. The summed E-state index contributed by atoms with van der Waals surface area (Å²) in [5.74, 6) is 1.57. The van der Waals surface area contributed by atoms with Crippen molar-refractivity contribution in [2.75, 3.05) is 0 Å². The van der Waals surface area contributed by atoms with E-state index in [1.807, 2.05) is 0 Å². The van der Waals surface area contributed by atoms with Crippen molar-refractivity contribution in [2.45, 2.75) is 58.2 Å². The summed E-state index contributed by atoms with van der Waals surface area (Å²) >= 11 is 0. The Morgan fingerprint density at radius 1 is 1.25 bits per heavy atom. The molecular weight excluding hydrogens is 148 g/mol. The smallest absolute Gasteiger partial charge is 0.0658 e. The summed E-state index contributed by atoms with van der Waals surface area (Å²) in [6, 6.07) is 0. The molecule has 1 aliphatic carbocycles. The van der Waals surface area contributed by atoms with Crippen LogP contribution in [0.25, 0.3) is 0 Å². The van der Waals surface area contributed by atoms with Gasteiger partial charge in [0.1, 0.15) is 0 Å².